The predicted octanol–water partition coefficient (Wildman–Crippen LogP) is 2.87. The lowest BCUT2D eigenvalue weighted by Gasteiger charge is -2.08. The van der Waals surface area contributed by atoms with Crippen molar-refractivity contribution in [3.63, 3.8) is 0 Å². The Morgan fingerprint density at radius 2 is 1.31 bits per heavy atom. The molecule has 0 bridgehead atoms. The lowest BCUT2D eigenvalue weighted by molar-refractivity contribution is 0.311. The summed E-state index contributed by atoms with van der Waals surface area (Å²) in [6.07, 6.45) is 2.81. The summed E-state index contributed by atoms with van der Waals surface area (Å²) < 4.78 is 5.00. The molecule has 0 heterocycles. The van der Waals surface area contributed by atoms with Crippen molar-refractivity contribution >= 4 is 34.1 Å². The molecule has 0 aliphatic carbocycles. The Labute approximate surface area is 189 Å². The van der Waals surface area contributed by atoms with Gasteiger partial charge in [0.15, 0.2) is 0 Å². The smallest absolute Gasteiger partial charge is 0.141 e. The Morgan fingerprint density at radius 1 is 0.750 bits per heavy atom. The molecular weight excluding hydrogens is 404 g/mol. The Bertz CT molecular complexity index is 958. The molecule has 0 fully saturated rings. The van der Waals surface area contributed by atoms with Crippen LogP contribution in [0.4, 0.5) is 34.1 Å². The molecule has 12 N–H and O–H groups in total. The Morgan fingerprint density at radius 3 is 1.75 bits per heavy atom. The van der Waals surface area contributed by atoms with Crippen molar-refractivity contribution in [3.8, 4) is 5.75 Å². The van der Waals surface area contributed by atoms with E-state index in [1.807, 2.05) is 30.3 Å². The average Bonchev–Trinajstić information content (AvgIpc) is 2.76. The number of ether oxygens (including phenoxy) is 1. The van der Waals surface area contributed by atoms with Gasteiger partial charge in [0.2, 0.25) is 0 Å². The van der Waals surface area contributed by atoms with Gasteiger partial charge in [-0.2, -0.15) is 0 Å². The van der Waals surface area contributed by atoms with Crippen LogP contribution in [0.25, 0.3) is 0 Å². The van der Waals surface area contributed by atoms with Crippen molar-refractivity contribution in [2.45, 2.75) is 19.3 Å². The summed E-state index contributed by atoms with van der Waals surface area (Å²) in [6.45, 7) is 0.623. The molecule has 8 nitrogen and oxygen atoms in total. The van der Waals surface area contributed by atoms with Crippen LogP contribution in [0.5, 0.6) is 5.75 Å². The highest BCUT2D eigenvalue weighted by Gasteiger charge is 2.03. The van der Waals surface area contributed by atoms with Gasteiger partial charge in [-0.05, 0) is 72.9 Å². The second kappa shape index (κ2) is 12.2. The SMILES string of the molecule is COc1ccc(NCCO)cc1N.Nc1ccc(CCCc2ccc(N)cc2N)c(N)c1. The molecule has 3 aromatic rings. The highest BCUT2D eigenvalue weighted by atomic mass is 16.5. The number of aryl methyl sites for hydroxylation is 2. The molecule has 0 aromatic heterocycles. The molecule has 0 aliphatic heterocycles. The number of aliphatic hydroxyl groups excluding tert-OH is 1. The van der Waals surface area contributed by atoms with Gasteiger partial charge in [0.05, 0.1) is 19.4 Å². The summed E-state index contributed by atoms with van der Waals surface area (Å²) in [6, 6.07) is 16.7. The van der Waals surface area contributed by atoms with Crippen molar-refractivity contribution in [3.05, 3.63) is 65.7 Å². The van der Waals surface area contributed by atoms with Crippen LogP contribution < -0.4 is 38.7 Å². The van der Waals surface area contributed by atoms with E-state index >= 15 is 0 Å². The van der Waals surface area contributed by atoms with E-state index in [1.54, 1.807) is 31.4 Å². The van der Waals surface area contributed by atoms with Gasteiger partial charge in [0, 0.05) is 35.0 Å². The van der Waals surface area contributed by atoms with Crippen LogP contribution in [0.3, 0.4) is 0 Å². The van der Waals surface area contributed by atoms with Crippen LogP contribution >= 0.6 is 0 Å². The molecule has 3 rings (SSSR count). The first-order chi connectivity index (χ1) is 15.3. The summed E-state index contributed by atoms with van der Waals surface area (Å²) in [5, 5.41) is 11.6. The molecule has 0 unspecified atom stereocenters. The fourth-order valence-electron chi connectivity index (χ4n) is 3.20. The van der Waals surface area contributed by atoms with Gasteiger partial charge in [-0.25, -0.2) is 0 Å². The third-order valence-corrected chi connectivity index (χ3v) is 4.90. The molecule has 8 heteroatoms. The van der Waals surface area contributed by atoms with Gasteiger partial charge in [-0.15, -0.1) is 0 Å². The maximum absolute atomic E-state index is 8.58. The van der Waals surface area contributed by atoms with Crippen molar-refractivity contribution in [2.24, 2.45) is 0 Å². The zero-order valence-electron chi connectivity index (χ0n) is 18.5. The predicted molar refractivity (Wildman–Crippen MR) is 136 cm³/mol. The number of nitrogens with one attached hydrogen (secondary N) is 1. The first-order valence-corrected chi connectivity index (χ1v) is 10.4. The van der Waals surface area contributed by atoms with Gasteiger partial charge in [-0.1, -0.05) is 12.1 Å². The van der Waals surface area contributed by atoms with Crippen LogP contribution in [-0.2, 0) is 12.8 Å². The fraction of sp³-hybridized carbons (Fsp3) is 0.250. The number of nitrogen functional groups attached to an aromatic ring is 5. The maximum atomic E-state index is 8.58. The van der Waals surface area contributed by atoms with Crippen LogP contribution in [-0.4, -0.2) is 25.4 Å². The van der Waals surface area contributed by atoms with E-state index in [0.717, 1.165) is 47.5 Å². The number of aliphatic hydroxyl groups is 1. The van der Waals surface area contributed by atoms with E-state index in [4.69, 9.17) is 38.5 Å². The third kappa shape index (κ3) is 7.48. The second-order valence-corrected chi connectivity index (χ2v) is 7.38. The Kier molecular flexibility index (Phi) is 9.31. The Hall–Kier alpha value is -3.78. The van der Waals surface area contributed by atoms with Gasteiger partial charge in [0.1, 0.15) is 5.75 Å². The minimum atomic E-state index is 0.103. The first-order valence-electron chi connectivity index (χ1n) is 10.4. The zero-order chi connectivity index (χ0) is 23.5. The number of hydrogen-bond acceptors (Lipinski definition) is 8. The molecule has 3 aromatic carbocycles. The number of benzene rings is 3. The van der Waals surface area contributed by atoms with Gasteiger partial charge in [0.25, 0.3) is 0 Å². The normalized spacial score (nSPS) is 10.2. The number of nitrogens with two attached hydrogens (primary N) is 5. The van der Waals surface area contributed by atoms with Crippen LogP contribution in [0.15, 0.2) is 54.6 Å². The van der Waals surface area contributed by atoms with Crippen molar-refractivity contribution in [2.75, 3.05) is 54.2 Å². The average molecular weight is 439 g/mol. The van der Waals surface area contributed by atoms with E-state index in [0.29, 0.717) is 29.4 Å². The minimum absolute atomic E-state index is 0.103. The number of rotatable bonds is 8. The van der Waals surface area contributed by atoms with Crippen molar-refractivity contribution in [1.29, 1.82) is 0 Å². The van der Waals surface area contributed by atoms with Gasteiger partial charge < -0.3 is 43.8 Å². The maximum Gasteiger partial charge on any atom is 0.141 e. The van der Waals surface area contributed by atoms with Gasteiger partial charge in [-0.3, -0.25) is 0 Å². The summed E-state index contributed by atoms with van der Waals surface area (Å²) in [7, 11) is 1.58. The third-order valence-electron chi connectivity index (χ3n) is 4.90. The van der Waals surface area contributed by atoms with Crippen LogP contribution in [0.1, 0.15) is 17.5 Å². The standard InChI is InChI=1S/C15H20N4.C9H14N2O2/c16-12-6-4-10(14(18)8-12)2-1-3-11-5-7-13(17)9-15(11)19;1-13-9-3-2-7(6-8(9)10)11-4-5-12/h4-9H,1-3,16-19H2;2-3,6,11-12H,4-5,10H2,1H3. The largest absolute Gasteiger partial charge is 0.495 e. The highest BCUT2D eigenvalue weighted by Crippen LogP contribution is 2.24. The van der Waals surface area contributed by atoms with Crippen molar-refractivity contribution < 1.29 is 9.84 Å². The fourth-order valence-corrected chi connectivity index (χ4v) is 3.20. The molecule has 172 valence electrons. The molecule has 0 aliphatic rings. The van der Waals surface area contributed by atoms with Crippen LogP contribution in [0.2, 0.25) is 0 Å². The van der Waals surface area contributed by atoms with E-state index in [9.17, 15) is 0 Å². The summed E-state index contributed by atoms with van der Waals surface area (Å²) in [5.41, 5.74) is 35.5. The van der Waals surface area contributed by atoms with Crippen LogP contribution in [0, 0.1) is 0 Å². The number of anilines is 6. The lowest BCUT2D eigenvalue weighted by atomic mass is 10.0. The first kappa shape index (κ1) is 24.5. The highest BCUT2D eigenvalue weighted by molar-refractivity contribution is 5.62. The summed E-state index contributed by atoms with van der Waals surface area (Å²) in [4.78, 5) is 0. The number of methoxy groups -OCH3 is 1. The lowest BCUT2D eigenvalue weighted by Crippen LogP contribution is -2.05. The molecular formula is C24H34N6O2. The molecule has 0 radical (unpaired) electrons. The van der Waals surface area contributed by atoms with E-state index in [-0.39, 0.29) is 6.61 Å². The molecule has 0 saturated heterocycles. The zero-order valence-corrected chi connectivity index (χ0v) is 18.5. The van der Waals surface area contributed by atoms with Crippen molar-refractivity contribution in [1.82, 2.24) is 0 Å². The molecule has 0 atom stereocenters. The summed E-state index contributed by atoms with van der Waals surface area (Å²) in [5.74, 6) is 0.662. The van der Waals surface area contributed by atoms with E-state index in [1.165, 1.54) is 0 Å². The number of hydrogen-bond donors (Lipinski definition) is 7. The molecule has 0 spiro atoms. The quantitative estimate of drug-likeness (QED) is 0.263. The summed E-state index contributed by atoms with van der Waals surface area (Å²) >= 11 is 0. The van der Waals surface area contributed by atoms with E-state index < -0.39 is 0 Å². The Balaban J connectivity index is 0.000000244. The van der Waals surface area contributed by atoms with Gasteiger partial charge >= 0.3 is 0 Å². The molecule has 32 heavy (non-hydrogen) atoms. The van der Waals surface area contributed by atoms with E-state index in [2.05, 4.69) is 5.32 Å². The molecule has 0 amide bonds. The topological polar surface area (TPSA) is 172 Å². The second-order valence-electron chi connectivity index (χ2n) is 7.38. The minimum Gasteiger partial charge on any atom is -0.495 e. The monoisotopic (exact) mass is 438 g/mol. The molecule has 0 saturated carbocycles.